The molecule has 130 valence electrons. The first kappa shape index (κ1) is 18.5. The van der Waals surface area contributed by atoms with Crippen LogP contribution < -0.4 is 0 Å². The fourth-order valence-corrected chi connectivity index (χ4v) is 8.47. The Morgan fingerprint density at radius 1 is 1.17 bits per heavy atom. The SMILES string of the molecule is CCCCC(=O)CS1(OS(=O)(=O)c2ccc(C)cc2)CCCC1. The minimum Gasteiger partial charge on any atom is -0.299 e. The lowest BCUT2D eigenvalue weighted by Crippen LogP contribution is -2.21. The standard InChI is InChI=1S/C17H26O4S2/c1-3-4-7-16(18)14-22(12-5-6-13-22)21-23(19,20)17-10-8-15(2)9-11-17/h8-11H,3-7,12-14H2,1-2H3. The number of aryl methyl sites for hydroxylation is 1. The van der Waals surface area contributed by atoms with E-state index in [4.69, 9.17) is 3.63 Å². The summed E-state index contributed by atoms with van der Waals surface area (Å²) in [6.45, 7) is 3.96. The van der Waals surface area contributed by atoms with Crippen LogP contribution >= 0.6 is 10.3 Å². The van der Waals surface area contributed by atoms with Crippen molar-refractivity contribution in [1.82, 2.24) is 0 Å². The van der Waals surface area contributed by atoms with Crippen molar-refractivity contribution < 1.29 is 16.8 Å². The van der Waals surface area contributed by atoms with Crippen molar-refractivity contribution in [2.75, 3.05) is 17.3 Å². The van der Waals surface area contributed by atoms with Crippen LogP contribution in [0.15, 0.2) is 29.2 Å². The molecular weight excluding hydrogens is 332 g/mol. The molecule has 0 unspecified atom stereocenters. The van der Waals surface area contributed by atoms with Crippen LogP contribution in [-0.4, -0.2) is 31.5 Å². The predicted molar refractivity (Wildman–Crippen MR) is 95.4 cm³/mol. The van der Waals surface area contributed by atoms with Gasteiger partial charge in [-0.25, -0.2) is 3.63 Å². The molecule has 1 aliphatic rings. The largest absolute Gasteiger partial charge is 0.306 e. The van der Waals surface area contributed by atoms with Crippen LogP contribution in [0.3, 0.4) is 0 Å². The smallest absolute Gasteiger partial charge is 0.299 e. The summed E-state index contributed by atoms with van der Waals surface area (Å²) < 4.78 is 30.9. The molecule has 2 rings (SSSR count). The van der Waals surface area contributed by atoms with Gasteiger partial charge in [0.25, 0.3) is 0 Å². The van der Waals surface area contributed by atoms with Gasteiger partial charge in [-0.15, -0.1) is 10.3 Å². The quantitative estimate of drug-likeness (QED) is 0.705. The summed E-state index contributed by atoms with van der Waals surface area (Å²) in [6, 6.07) is 6.68. The van der Waals surface area contributed by atoms with Crippen LogP contribution in [-0.2, 0) is 18.5 Å². The maximum atomic E-state index is 12.6. The fourth-order valence-electron chi connectivity index (χ4n) is 2.74. The summed E-state index contributed by atoms with van der Waals surface area (Å²) in [5.41, 5.74) is 1.00. The van der Waals surface area contributed by atoms with Crippen molar-refractivity contribution in [2.24, 2.45) is 0 Å². The Balaban J connectivity index is 2.15. The van der Waals surface area contributed by atoms with Gasteiger partial charge in [0.05, 0.1) is 10.6 Å². The van der Waals surface area contributed by atoms with E-state index in [9.17, 15) is 13.2 Å². The highest BCUT2D eigenvalue weighted by Gasteiger charge is 2.36. The molecule has 0 spiro atoms. The molecular formula is C17H26O4S2. The summed E-state index contributed by atoms with van der Waals surface area (Å²) in [6.07, 6.45) is 4.24. The summed E-state index contributed by atoms with van der Waals surface area (Å²) in [5.74, 6) is 1.87. The fraction of sp³-hybridized carbons (Fsp3) is 0.588. The number of carbonyl (C=O) groups excluding carboxylic acids is 1. The first-order chi connectivity index (χ1) is 10.9. The Morgan fingerprint density at radius 3 is 2.35 bits per heavy atom. The van der Waals surface area contributed by atoms with E-state index in [2.05, 4.69) is 0 Å². The second-order valence-electron chi connectivity index (χ2n) is 6.20. The van der Waals surface area contributed by atoms with E-state index in [-0.39, 0.29) is 16.4 Å². The molecule has 1 heterocycles. The molecule has 4 nitrogen and oxygen atoms in total. The minimum absolute atomic E-state index is 0.142. The average molecular weight is 359 g/mol. The topological polar surface area (TPSA) is 60.4 Å². The normalized spacial score (nSPS) is 18.7. The first-order valence-corrected chi connectivity index (χ1v) is 11.7. The number of rotatable bonds is 8. The first-order valence-electron chi connectivity index (χ1n) is 8.18. The Morgan fingerprint density at radius 2 is 1.78 bits per heavy atom. The lowest BCUT2D eigenvalue weighted by Gasteiger charge is -2.33. The van der Waals surface area contributed by atoms with Gasteiger partial charge in [-0.05, 0) is 38.3 Å². The Labute approximate surface area is 141 Å². The number of Topliss-reactive ketones (excluding diaryl/α,β-unsaturated/α-hetero) is 1. The molecule has 23 heavy (non-hydrogen) atoms. The van der Waals surface area contributed by atoms with Crippen molar-refractivity contribution in [2.45, 2.75) is 50.8 Å². The lowest BCUT2D eigenvalue weighted by molar-refractivity contribution is -0.116. The van der Waals surface area contributed by atoms with E-state index in [0.29, 0.717) is 6.42 Å². The van der Waals surface area contributed by atoms with Gasteiger partial charge >= 0.3 is 10.1 Å². The maximum Gasteiger partial charge on any atom is 0.306 e. The Kier molecular flexibility index (Phi) is 6.28. The number of benzene rings is 1. The third-order valence-corrected chi connectivity index (χ3v) is 9.69. The Hall–Kier alpha value is -0.850. The number of unbranched alkanes of at least 4 members (excludes halogenated alkanes) is 1. The highest BCUT2D eigenvalue weighted by atomic mass is 32.3. The number of hydrogen-bond donors (Lipinski definition) is 0. The second kappa shape index (κ2) is 7.81. The van der Waals surface area contributed by atoms with E-state index in [1.54, 1.807) is 24.3 Å². The molecule has 0 amide bonds. The van der Waals surface area contributed by atoms with Gasteiger partial charge in [0.1, 0.15) is 5.78 Å². The number of ketones is 1. The molecule has 0 atom stereocenters. The van der Waals surface area contributed by atoms with Crippen molar-refractivity contribution >= 4 is 26.2 Å². The molecule has 0 radical (unpaired) electrons. The molecule has 0 saturated carbocycles. The molecule has 0 aliphatic carbocycles. The molecule has 0 bridgehead atoms. The van der Waals surface area contributed by atoms with Crippen LogP contribution in [0.5, 0.6) is 0 Å². The van der Waals surface area contributed by atoms with Gasteiger partial charge in [-0.1, -0.05) is 31.0 Å². The summed E-state index contributed by atoms with van der Waals surface area (Å²) in [5, 5.41) is 0. The number of hydrogen-bond acceptors (Lipinski definition) is 4. The maximum absolute atomic E-state index is 12.6. The molecule has 1 aliphatic heterocycles. The zero-order chi connectivity index (χ0) is 16.9. The Bertz CT molecular complexity index is 629. The van der Waals surface area contributed by atoms with Crippen molar-refractivity contribution in [3.05, 3.63) is 29.8 Å². The average Bonchev–Trinajstić information content (AvgIpc) is 2.92. The lowest BCUT2D eigenvalue weighted by atomic mass is 10.2. The monoisotopic (exact) mass is 358 g/mol. The highest BCUT2D eigenvalue weighted by Crippen LogP contribution is 2.56. The molecule has 1 aromatic rings. The van der Waals surface area contributed by atoms with Crippen LogP contribution in [0.1, 0.15) is 44.6 Å². The van der Waals surface area contributed by atoms with Gasteiger partial charge in [0.2, 0.25) is 0 Å². The summed E-state index contributed by atoms with van der Waals surface area (Å²) >= 11 is 0. The summed E-state index contributed by atoms with van der Waals surface area (Å²) in [7, 11) is -5.64. The third-order valence-electron chi connectivity index (χ3n) is 4.06. The van der Waals surface area contributed by atoms with Gasteiger partial charge in [-0.2, -0.15) is 8.42 Å². The zero-order valence-corrected chi connectivity index (χ0v) is 15.5. The van der Waals surface area contributed by atoms with E-state index in [1.807, 2.05) is 13.8 Å². The molecule has 1 fully saturated rings. The van der Waals surface area contributed by atoms with E-state index >= 15 is 0 Å². The highest BCUT2D eigenvalue weighted by molar-refractivity contribution is 8.33. The second-order valence-corrected chi connectivity index (χ2v) is 11.2. The third kappa shape index (κ3) is 5.06. The molecule has 0 aromatic heterocycles. The van der Waals surface area contributed by atoms with E-state index in [0.717, 1.165) is 42.8 Å². The van der Waals surface area contributed by atoms with Crippen LogP contribution in [0, 0.1) is 6.92 Å². The molecule has 1 saturated heterocycles. The van der Waals surface area contributed by atoms with Crippen LogP contribution in [0.2, 0.25) is 0 Å². The molecule has 0 N–H and O–H groups in total. The van der Waals surface area contributed by atoms with Gasteiger partial charge in [-0.3, -0.25) is 4.79 Å². The zero-order valence-electron chi connectivity index (χ0n) is 13.9. The van der Waals surface area contributed by atoms with Crippen molar-refractivity contribution in [3.63, 3.8) is 0 Å². The van der Waals surface area contributed by atoms with E-state index < -0.39 is 20.4 Å². The predicted octanol–water partition coefficient (Wildman–Crippen LogP) is 3.97. The number of carbonyl (C=O) groups is 1. The van der Waals surface area contributed by atoms with Gasteiger partial charge in [0, 0.05) is 17.9 Å². The van der Waals surface area contributed by atoms with Gasteiger partial charge < -0.3 is 0 Å². The van der Waals surface area contributed by atoms with Gasteiger partial charge in [0.15, 0.2) is 0 Å². The van der Waals surface area contributed by atoms with Crippen molar-refractivity contribution in [3.8, 4) is 0 Å². The minimum atomic E-state index is -3.80. The van der Waals surface area contributed by atoms with Crippen molar-refractivity contribution in [1.29, 1.82) is 0 Å². The van der Waals surface area contributed by atoms with E-state index in [1.165, 1.54) is 0 Å². The molecule has 1 aromatic carbocycles. The van der Waals surface area contributed by atoms with Crippen LogP contribution in [0.4, 0.5) is 0 Å². The van der Waals surface area contributed by atoms with Crippen LogP contribution in [0.25, 0.3) is 0 Å². The summed E-state index contributed by atoms with van der Waals surface area (Å²) in [4.78, 5) is 12.4. The molecule has 6 heteroatoms.